The van der Waals surface area contributed by atoms with E-state index in [0.29, 0.717) is 5.69 Å². The molecule has 132 valence electrons. The van der Waals surface area contributed by atoms with E-state index < -0.39 is 0 Å². The van der Waals surface area contributed by atoms with Crippen molar-refractivity contribution in [1.82, 2.24) is 24.6 Å². The molecule has 0 unspecified atom stereocenters. The van der Waals surface area contributed by atoms with E-state index in [-0.39, 0.29) is 36.7 Å². The maximum Gasteiger partial charge on any atom is 0.266 e. The summed E-state index contributed by atoms with van der Waals surface area (Å²) in [5.74, 6) is -0.342. The standard InChI is InChI=1S/C18H17N5O3/c24-16(19-9-10-23-17(25)7-4-8-21-23)12-22-13-20-15(11-18(22)26)14-5-2-1-3-6-14/h1-8,11,13H,9-10,12H2,(H,19,24). The molecule has 0 aliphatic heterocycles. The average Bonchev–Trinajstić information content (AvgIpc) is 2.66. The zero-order valence-electron chi connectivity index (χ0n) is 13.9. The molecule has 0 aliphatic rings. The van der Waals surface area contributed by atoms with Crippen LogP contribution in [-0.4, -0.2) is 31.8 Å². The number of nitrogens with zero attached hydrogens (tertiary/aromatic N) is 4. The smallest absolute Gasteiger partial charge is 0.266 e. The Hall–Kier alpha value is -3.55. The number of hydrogen-bond acceptors (Lipinski definition) is 5. The predicted molar refractivity (Wildman–Crippen MR) is 95.4 cm³/mol. The van der Waals surface area contributed by atoms with Crippen molar-refractivity contribution in [2.45, 2.75) is 13.1 Å². The molecule has 3 aromatic rings. The largest absolute Gasteiger partial charge is 0.353 e. The fourth-order valence-electron chi connectivity index (χ4n) is 2.38. The summed E-state index contributed by atoms with van der Waals surface area (Å²) in [4.78, 5) is 39.9. The van der Waals surface area contributed by atoms with Gasteiger partial charge in [-0.05, 0) is 6.07 Å². The summed E-state index contributed by atoms with van der Waals surface area (Å²) in [6, 6.07) is 13.7. The van der Waals surface area contributed by atoms with Crippen LogP contribution in [0.15, 0.2) is 70.6 Å². The summed E-state index contributed by atoms with van der Waals surface area (Å²) in [6.07, 6.45) is 2.86. The Balaban J connectivity index is 1.58. The van der Waals surface area contributed by atoms with E-state index in [4.69, 9.17) is 0 Å². The highest BCUT2D eigenvalue weighted by atomic mass is 16.2. The molecule has 0 radical (unpaired) electrons. The first-order valence-corrected chi connectivity index (χ1v) is 8.04. The second kappa shape index (κ2) is 8.02. The minimum atomic E-state index is -0.342. The second-order valence-corrected chi connectivity index (χ2v) is 5.54. The van der Waals surface area contributed by atoms with Gasteiger partial charge in [0.1, 0.15) is 6.54 Å². The molecular formula is C18H17N5O3. The fraction of sp³-hybridized carbons (Fsp3) is 0.167. The van der Waals surface area contributed by atoms with E-state index in [9.17, 15) is 14.4 Å². The van der Waals surface area contributed by atoms with Gasteiger partial charge in [-0.2, -0.15) is 5.10 Å². The molecule has 8 nitrogen and oxygen atoms in total. The molecule has 0 saturated heterocycles. The highest BCUT2D eigenvalue weighted by Gasteiger charge is 2.07. The fourth-order valence-corrected chi connectivity index (χ4v) is 2.38. The van der Waals surface area contributed by atoms with Gasteiger partial charge in [-0.3, -0.25) is 19.0 Å². The summed E-state index contributed by atoms with van der Waals surface area (Å²) >= 11 is 0. The Kier molecular flexibility index (Phi) is 5.33. The third-order valence-electron chi connectivity index (χ3n) is 3.69. The Morgan fingerprint density at radius 2 is 1.85 bits per heavy atom. The minimum absolute atomic E-state index is 0.141. The normalized spacial score (nSPS) is 10.5. The summed E-state index contributed by atoms with van der Waals surface area (Å²) in [5, 5.41) is 6.55. The lowest BCUT2D eigenvalue weighted by molar-refractivity contribution is -0.121. The molecule has 8 heteroatoms. The summed E-state index contributed by atoms with van der Waals surface area (Å²) in [6.45, 7) is 0.351. The molecule has 0 aliphatic carbocycles. The lowest BCUT2D eigenvalue weighted by Gasteiger charge is -2.08. The minimum Gasteiger partial charge on any atom is -0.353 e. The van der Waals surface area contributed by atoms with Crippen LogP contribution in [0.4, 0.5) is 0 Å². The quantitative estimate of drug-likeness (QED) is 0.688. The molecule has 0 fully saturated rings. The van der Waals surface area contributed by atoms with Gasteiger partial charge in [-0.25, -0.2) is 9.67 Å². The molecule has 1 amide bonds. The van der Waals surface area contributed by atoms with Crippen molar-refractivity contribution in [3.8, 4) is 11.3 Å². The maximum absolute atomic E-state index is 12.2. The van der Waals surface area contributed by atoms with Crippen LogP contribution in [0, 0.1) is 0 Å². The van der Waals surface area contributed by atoms with E-state index in [2.05, 4.69) is 15.4 Å². The molecular weight excluding hydrogens is 334 g/mol. The lowest BCUT2D eigenvalue weighted by Crippen LogP contribution is -2.35. The predicted octanol–water partition coefficient (Wildman–Crippen LogP) is 0.283. The summed E-state index contributed by atoms with van der Waals surface area (Å²) in [7, 11) is 0. The zero-order chi connectivity index (χ0) is 18.4. The Labute approximate surface area is 148 Å². The van der Waals surface area contributed by atoms with E-state index >= 15 is 0 Å². The number of aromatic nitrogens is 4. The van der Waals surface area contributed by atoms with Gasteiger partial charge in [0, 0.05) is 30.4 Å². The van der Waals surface area contributed by atoms with Gasteiger partial charge >= 0.3 is 0 Å². The van der Waals surface area contributed by atoms with Crippen molar-refractivity contribution in [3.63, 3.8) is 0 Å². The number of rotatable bonds is 6. The Bertz CT molecular complexity index is 1010. The third kappa shape index (κ3) is 4.29. The van der Waals surface area contributed by atoms with Crippen molar-refractivity contribution >= 4 is 5.91 Å². The molecule has 3 rings (SSSR count). The van der Waals surface area contributed by atoms with Crippen LogP contribution in [0.3, 0.4) is 0 Å². The van der Waals surface area contributed by atoms with Crippen LogP contribution >= 0.6 is 0 Å². The maximum atomic E-state index is 12.2. The first-order chi connectivity index (χ1) is 12.6. The van der Waals surface area contributed by atoms with Gasteiger partial charge in [0.15, 0.2) is 0 Å². The van der Waals surface area contributed by atoms with Crippen molar-refractivity contribution in [3.05, 3.63) is 81.8 Å². The van der Waals surface area contributed by atoms with Crippen LogP contribution in [0.5, 0.6) is 0 Å². The molecule has 1 N–H and O–H groups in total. The number of benzene rings is 1. The van der Waals surface area contributed by atoms with Crippen molar-refractivity contribution in [2.24, 2.45) is 0 Å². The van der Waals surface area contributed by atoms with Gasteiger partial charge in [0.25, 0.3) is 11.1 Å². The van der Waals surface area contributed by atoms with Crippen LogP contribution in [0.2, 0.25) is 0 Å². The van der Waals surface area contributed by atoms with Crippen LogP contribution in [0.25, 0.3) is 11.3 Å². The van der Waals surface area contributed by atoms with Gasteiger partial charge < -0.3 is 5.32 Å². The molecule has 26 heavy (non-hydrogen) atoms. The summed E-state index contributed by atoms with van der Waals surface area (Å²) in [5.41, 5.74) is 0.845. The van der Waals surface area contributed by atoms with Crippen molar-refractivity contribution in [1.29, 1.82) is 0 Å². The SMILES string of the molecule is O=C(Cn1cnc(-c2ccccc2)cc1=O)NCCn1ncccc1=O. The second-order valence-electron chi connectivity index (χ2n) is 5.54. The number of nitrogens with one attached hydrogen (secondary N) is 1. The van der Waals surface area contributed by atoms with Crippen LogP contribution in [-0.2, 0) is 17.9 Å². The van der Waals surface area contributed by atoms with E-state index in [1.165, 1.54) is 33.9 Å². The Morgan fingerprint density at radius 1 is 1.04 bits per heavy atom. The van der Waals surface area contributed by atoms with Gasteiger partial charge in [-0.1, -0.05) is 30.3 Å². The number of carbonyl (C=O) groups is 1. The number of hydrogen-bond donors (Lipinski definition) is 1. The highest BCUT2D eigenvalue weighted by Crippen LogP contribution is 2.13. The first kappa shape index (κ1) is 17.3. The molecule has 0 atom stereocenters. The number of carbonyl (C=O) groups excluding carboxylic acids is 1. The number of amides is 1. The monoisotopic (exact) mass is 351 g/mol. The van der Waals surface area contributed by atoms with E-state index in [1.807, 2.05) is 30.3 Å². The van der Waals surface area contributed by atoms with Crippen molar-refractivity contribution < 1.29 is 4.79 Å². The van der Waals surface area contributed by atoms with E-state index in [1.54, 1.807) is 6.07 Å². The molecule has 0 bridgehead atoms. The molecule has 2 aromatic heterocycles. The Morgan fingerprint density at radius 3 is 2.58 bits per heavy atom. The van der Waals surface area contributed by atoms with Gasteiger partial charge in [-0.15, -0.1) is 0 Å². The third-order valence-corrected chi connectivity index (χ3v) is 3.69. The van der Waals surface area contributed by atoms with Crippen molar-refractivity contribution in [2.75, 3.05) is 6.54 Å². The summed E-state index contributed by atoms with van der Waals surface area (Å²) < 4.78 is 2.48. The zero-order valence-corrected chi connectivity index (χ0v) is 13.9. The van der Waals surface area contributed by atoms with E-state index in [0.717, 1.165) is 5.56 Å². The van der Waals surface area contributed by atoms with Crippen LogP contribution < -0.4 is 16.4 Å². The molecule has 0 saturated carbocycles. The van der Waals surface area contributed by atoms with Crippen LogP contribution in [0.1, 0.15) is 0 Å². The molecule has 2 heterocycles. The highest BCUT2D eigenvalue weighted by molar-refractivity contribution is 5.75. The van der Waals surface area contributed by atoms with Gasteiger partial charge in [0.2, 0.25) is 5.91 Å². The molecule has 1 aromatic carbocycles. The first-order valence-electron chi connectivity index (χ1n) is 8.04. The topological polar surface area (TPSA) is 98.9 Å². The lowest BCUT2D eigenvalue weighted by atomic mass is 10.1. The average molecular weight is 351 g/mol. The molecule has 0 spiro atoms. The van der Waals surface area contributed by atoms with Gasteiger partial charge in [0.05, 0.1) is 18.6 Å².